The Bertz CT molecular complexity index is 873. The van der Waals surface area contributed by atoms with Crippen molar-refractivity contribution in [3.05, 3.63) is 65.1 Å². The molecule has 3 rings (SSSR count). The first-order chi connectivity index (χ1) is 12.1. The number of halogens is 2. The summed E-state index contributed by atoms with van der Waals surface area (Å²) in [5, 5.41) is 0.598. The van der Waals surface area contributed by atoms with Gasteiger partial charge in [-0.05, 0) is 55.5 Å². The number of carbonyl (C=O) groups excluding carboxylic acids is 1. The summed E-state index contributed by atoms with van der Waals surface area (Å²) in [6, 6.07) is 12.8. The van der Waals surface area contributed by atoms with E-state index in [9.17, 15) is 9.18 Å². The molecule has 0 unspecified atom stereocenters. The standard InChI is InChI=1S/C19H15ClFNO3/c1-2-24-17(23)11-16-18(12-5-9-15(21)10-6-12)25-19(22-16)13-3-7-14(20)8-4-13/h3-10H,2,11H2,1H3. The van der Waals surface area contributed by atoms with Crippen molar-refractivity contribution < 1.29 is 18.3 Å². The van der Waals surface area contributed by atoms with Crippen LogP contribution in [0.25, 0.3) is 22.8 Å². The molecule has 0 aliphatic rings. The summed E-state index contributed by atoms with van der Waals surface area (Å²) in [6.07, 6.45) is -0.0301. The number of hydrogen-bond donors (Lipinski definition) is 0. The van der Waals surface area contributed by atoms with Gasteiger partial charge in [0.05, 0.1) is 18.7 Å². The Morgan fingerprint density at radius 3 is 2.40 bits per heavy atom. The normalized spacial score (nSPS) is 10.7. The third-order valence-electron chi connectivity index (χ3n) is 3.51. The minimum Gasteiger partial charge on any atom is -0.466 e. The van der Waals surface area contributed by atoms with Crippen LogP contribution in [0, 0.1) is 5.82 Å². The van der Waals surface area contributed by atoms with Crippen LogP contribution in [0.4, 0.5) is 4.39 Å². The summed E-state index contributed by atoms with van der Waals surface area (Å²) in [5.41, 5.74) is 1.80. The van der Waals surface area contributed by atoms with Gasteiger partial charge in [-0.25, -0.2) is 9.37 Å². The SMILES string of the molecule is CCOC(=O)Cc1nc(-c2ccc(Cl)cc2)oc1-c1ccc(F)cc1. The van der Waals surface area contributed by atoms with Crippen LogP contribution in [0.2, 0.25) is 5.02 Å². The van der Waals surface area contributed by atoms with Crippen LogP contribution in [0.15, 0.2) is 52.9 Å². The number of oxazole rings is 1. The number of esters is 1. The lowest BCUT2D eigenvalue weighted by atomic mass is 10.1. The number of ether oxygens (including phenoxy) is 1. The maximum Gasteiger partial charge on any atom is 0.312 e. The monoisotopic (exact) mass is 359 g/mol. The van der Waals surface area contributed by atoms with Gasteiger partial charge in [0.2, 0.25) is 5.89 Å². The van der Waals surface area contributed by atoms with Crippen molar-refractivity contribution in [2.45, 2.75) is 13.3 Å². The second kappa shape index (κ2) is 7.49. The molecule has 0 saturated heterocycles. The van der Waals surface area contributed by atoms with Crippen LogP contribution in [0.5, 0.6) is 0 Å². The minimum atomic E-state index is -0.401. The fraction of sp³-hybridized carbons (Fsp3) is 0.158. The van der Waals surface area contributed by atoms with Gasteiger partial charge in [0.25, 0.3) is 0 Å². The average molecular weight is 360 g/mol. The van der Waals surface area contributed by atoms with Crippen LogP contribution in [0.3, 0.4) is 0 Å². The molecule has 25 heavy (non-hydrogen) atoms. The third kappa shape index (κ3) is 4.06. The molecule has 0 atom stereocenters. The number of nitrogens with zero attached hydrogens (tertiary/aromatic N) is 1. The molecule has 0 radical (unpaired) electrons. The van der Waals surface area contributed by atoms with E-state index in [0.717, 1.165) is 5.56 Å². The molecule has 1 heterocycles. The van der Waals surface area contributed by atoms with Crippen molar-refractivity contribution in [2.75, 3.05) is 6.61 Å². The Labute approximate surface area is 149 Å². The summed E-state index contributed by atoms with van der Waals surface area (Å²) >= 11 is 5.90. The van der Waals surface area contributed by atoms with Gasteiger partial charge in [0, 0.05) is 16.1 Å². The summed E-state index contributed by atoms with van der Waals surface area (Å²) < 4.78 is 24.0. The van der Waals surface area contributed by atoms with E-state index in [0.29, 0.717) is 27.9 Å². The first-order valence-corrected chi connectivity index (χ1v) is 8.12. The van der Waals surface area contributed by atoms with Crippen molar-refractivity contribution >= 4 is 17.6 Å². The van der Waals surface area contributed by atoms with E-state index in [-0.39, 0.29) is 18.8 Å². The molecule has 0 bridgehead atoms. The number of hydrogen-bond acceptors (Lipinski definition) is 4. The Morgan fingerprint density at radius 2 is 1.76 bits per heavy atom. The van der Waals surface area contributed by atoms with E-state index in [4.69, 9.17) is 20.8 Å². The van der Waals surface area contributed by atoms with Crippen LogP contribution in [-0.4, -0.2) is 17.6 Å². The van der Waals surface area contributed by atoms with Gasteiger partial charge in [0.1, 0.15) is 5.82 Å². The Kier molecular flexibility index (Phi) is 5.14. The summed E-state index contributed by atoms with van der Waals surface area (Å²) in [5.74, 6) is 0.0169. The van der Waals surface area contributed by atoms with Crippen molar-refractivity contribution in [2.24, 2.45) is 0 Å². The molecule has 2 aromatic carbocycles. The zero-order valence-corrected chi connectivity index (χ0v) is 14.2. The summed E-state index contributed by atoms with van der Waals surface area (Å²) in [6.45, 7) is 2.02. The van der Waals surface area contributed by atoms with E-state index < -0.39 is 5.97 Å². The van der Waals surface area contributed by atoms with E-state index in [1.54, 1.807) is 43.3 Å². The second-order valence-electron chi connectivity index (χ2n) is 5.29. The molecular formula is C19H15ClFNO3. The fourth-order valence-electron chi connectivity index (χ4n) is 2.36. The second-order valence-corrected chi connectivity index (χ2v) is 5.73. The maximum absolute atomic E-state index is 13.2. The molecule has 4 nitrogen and oxygen atoms in total. The molecule has 0 amide bonds. The van der Waals surface area contributed by atoms with Crippen LogP contribution in [0.1, 0.15) is 12.6 Å². The molecule has 0 aliphatic heterocycles. The lowest BCUT2D eigenvalue weighted by Gasteiger charge is -2.02. The Hall–Kier alpha value is -2.66. The molecular weight excluding hydrogens is 345 g/mol. The van der Waals surface area contributed by atoms with Crippen molar-refractivity contribution in [3.8, 4) is 22.8 Å². The molecule has 6 heteroatoms. The first kappa shape index (κ1) is 17.2. The number of carbonyl (C=O) groups is 1. The highest BCUT2D eigenvalue weighted by atomic mass is 35.5. The van der Waals surface area contributed by atoms with Crippen LogP contribution < -0.4 is 0 Å². The maximum atomic E-state index is 13.2. The zero-order chi connectivity index (χ0) is 17.8. The average Bonchev–Trinajstić information content (AvgIpc) is 3.00. The molecule has 0 saturated carbocycles. The number of benzene rings is 2. The summed E-state index contributed by atoms with van der Waals surface area (Å²) in [4.78, 5) is 16.3. The highest BCUT2D eigenvalue weighted by Crippen LogP contribution is 2.31. The van der Waals surface area contributed by atoms with E-state index in [2.05, 4.69) is 4.98 Å². The lowest BCUT2D eigenvalue weighted by molar-refractivity contribution is -0.142. The zero-order valence-electron chi connectivity index (χ0n) is 13.5. The van der Waals surface area contributed by atoms with Crippen molar-refractivity contribution in [3.63, 3.8) is 0 Å². The molecule has 1 aromatic heterocycles. The number of rotatable bonds is 5. The highest BCUT2D eigenvalue weighted by molar-refractivity contribution is 6.30. The minimum absolute atomic E-state index is 0.0301. The molecule has 0 fully saturated rings. The number of aromatic nitrogens is 1. The Morgan fingerprint density at radius 1 is 1.12 bits per heavy atom. The predicted octanol–water partition coefficient (Wildman–Crippen LogP) is 4.91. The van der Waals surface area contributed by atoms with Crippen molar-refractivity contribution in [1.82, 2.24) is 4.98 Å². The predicted molar refractivity (Wildman–Crippen MR) is 92.7 cm³/mol. The highest BCUT2D eigenvalue weighted by Gasteiger charge is 2.19. The van der Waals surface area contributed by atoms with Crippen LogP contribution in [-0.2, 0) is 16.0 Å². The molecule has 0 spiro atoms. The lowest BCUT2D eigenvalue weighted by Crippen LogP contribution is -2.08. The molecule has 128 valence electrons. The molecule has 0 N–H and O–H groups in total. The van der Waals surface area contributed by atoms with Gasteiger partial charge < -0.3 is 9.15 Å². The molecule has 3 aromatic rings. The van der Waals surface area contributed by atoms with Gasteiger partial charge in [-0.15, -0.1) is 0 Å². The van der Waals surface area contributed by atoms with Crippen molar-refractivity contribution in [1.29, 1.82) is 0 Å². The first-order valence-electron chi connectivity index (χ1n) is 7.74. The van der Waals surface area contributed by atoms with E-state index in [1.807, 2.05) is 0 Å². The fourth-order valence-corrected chi connectivity index (χ4v) is 2.49. The van der Waals surface area contributed by atoms with Gasteiger partial charge in [-0.3, -0.25) is 4.79 Å². The van der Waals surface area contributed by atoms with Gasteiger partial charge >= 0.3 is 5.97 Å². The largest absolute Gasteiger partial charge is 0.466 e. The van der Waals surface area contributed by atoms with Gasteiger partial charge in [0.15, 0.2) is 5.76 Å². The van der Waals surface area contributed by atoms with Gasteiger partial charge in [-0.1, -0.05) is 11.6 Å². The van der Waals surface area contributed by atoms with E-state index in [1.165, 1.54) is 12.1 Å². The quantitative estimate of drug-likeness (QED) is 0.607. The summed E-state index contributed by atoms with van der Waals surface area (Å²) in [7, 11) is 0. The van der Waals surface area contributed by atoms with Crippen LogP contribution >= 0.6 is 11.6 Å². The van der Waals surface area contributed by atoms with Gasteiger partial charge in [-0.2, -0.15) is 0 Å². The topological polar surface area (TPSA) is 52.3 Å². The van der Waals surface area contributed by atoms with E-state index >= 15 is 0 Å². The Balaban J connectivity index is 2.02. The third-order valence-corrected chi connectivity index (χ3v) is 3.76. The molecule has 0 aliphatic carbocycles. The smallest absolute Gasteiger partial charge is 0.312 e.